The van der Waals surface area contributed by atoms with Crippen molar-refractivity contribution in [1.29, 1.82) is 0 Å². The van der Waals surface area contributed by atoms with Crippen LogP contribution in [0.25, 0.3) is 0 Å². The summed E-state index contributed by atoms with van der Waals surface area (Å²) >= 11 is 0. The lowest BCUT2D eigenvalue weighted by molar-refractivity contribution is 0.0919. The van der Waals surface area contributed by atoms with Gasteiger partial charge in [-0.3, -0.25) is 4.79 Å². The Labute approximate surface area is 137 Å². The quantitative estimate of drug-likeness (QED) is 0.798. The molecule has 0 saturated carbocycles. The second-order valence-corrected chi connectivity index (χ2v) is 6.75. The number of urea groups is 1. The molecule has 6 heteroatoms. The van der Waals surface area contributed by atoms with Gasteiger partial charge in [-0.05, 0) is 51.8 Å². The fraction of sp³-hybridized carbons (Fsp3) is 0.529. The van der Waals surface area contributed by atoms with Crippen LogP contribution < -0.4 is 16.0 Å². The maximum atomic E-state index is 12.1. The van der Waals surface area contributed by atoms with E-state index in [0.717, 1.165) is 19.4 Å². The van der Waals surface area contributed by atoms with Gasteiger partial charge < -0.3 is 20.7 Å². The van der Waals surface area contributed by atoms with E-state index >= 15 is 0 Å². The van der Waals surface area contributed by atoms with Crippen molar-refractivity contribution in [2.24, 2.45) is 0 Å². The van der Waals surface area contributed by atoms with Crippen molar-refractivity contribution in [2.45, 2.75) is 45.3 Å². The Bertz CT molecular complexity index is 560. The van der Waals surface area contributed by atoms with Gasteiger partial charge in [-0.25, -0.2) is 4.79 Å². The summed E-state index contributed by atoms with van der Waals surface area (Å²) in [5.74, 6) is -0.166. The molecule has 1 fully saturated rings. The first-order valence-electron chi connectivity index (χ1n) is 7.92. The number of anilines is 1. The second kappa shape index (κ2) is 7.46. The van der Waals surface area contributed by atoms with Crippen LogP contribution in [0.4, 0.5) is 10.5 Å². The van der Waals surface area contributed by atoms with Crippen LogP contribution in [0.3, 0.4) is 0 Å². The topological polar surface area (TPSA) is 79.5 Å². The molecule has 0 bridgehead atoms. The third-order valence-electron chi connectivity index (χ3n) is 3.39. The minimum atomic E-state index is -0.306. The maximum Gasteiger partial charge on any atom is 0.319 e. The van der Waals surface area contributed by atoms with Gasteiger partial charge in [-0.2, -0.15) is 0 Å². The van der Waals surface area contributed by atoms with Crippen LogP contribution in [0.1, 0.15) is 44.0 Å². The summed E-state index contributed by atoms with van der Waals surface area (Å²) in [4.78, 5) is 24.0. The van der Waals surface area contributed by atoms with Crippen molar-refractivity contribution in [3.05, 3.63) is 29.8 Å². The lowest BCUT2D eigenvalue weighted by Gasteiger charge is -2.20. The highest BCUT2D eigenvalue weighted by molar-refractivity contribution is 5.97. The first-order chi connectivity index (χ1) is 10.8. The van der Waals surface area contributed by atoms with Crippen LogP contribution in [0.2, 0.25) is 0 Å². The summed E-state index contributed by atoms with van der Waals surface area (Å²) in [6.07, 6.45) is 2.12. The Hall–Kier alpha value is -2.08. The predicted molar refractivity (Wildman–Crippen MR) is 89.7 cm³/mol. The maximum absolute atomic E-state index is 12.1. The van der Waals surface area contributed by atoms with Crippen LogP contribution >= 0.6 is 0 Å². The molecular weight excluding hydrogens is 294 g/mol. The summed E-state index contributed by atoms with van der Waals surface area (Å²) < 4.78 is 5.46. The molecule has 1 aliphatic heterocycles. The van der Waals surface area contributed by atoms with Crippen molar-refractivity contribution in [2.75, 3.05) is 18.5 Å². The number of carbonyl (C=O) groups excluding carboxylic acids is 2. The van der Waals surface area contributed by atoms with E-state index in [4.69, 9.17) is 4.74 Å². The molecule has 0 radical (unpaired) electrons. The zero-order valence-electron chi connectivity index (χ0n) is 13.9. The molecule has 126 valence electrons. The van der Waals surface area contributed by atoms with Gasteiger partial charge in [0.1, 0.15) is 0 Å². The highest BCUT2D eigenvalue weighted by atomic mass is 16.5. The van der Waals surface area contributed by atoms with Gasteiger partial charge in [-0.1, -0.05) is 6.07 Å². The third-order valence-corrected chi connectivity index (χ3v) is 3.39. The van der Waals surface area contributed by atoms with E-state index in [-0.39, 0.29) is 23.6 Å². The van der Waals surface area contributed by atoms with Gasteiger partial charge in [0, 0.05) is 29.9 Å². The zero-order valence-corrected chi connectivity index (χ0v) is 13.9. The molecule has 1 atom stereocenters. The highest BCUT2D eigenvalue weighted by Crippen LogP contribution is 2.13. The van der Waals surface area contributed by atoms with Crippen molar-refractivity contribution in [1.82, 2.24) is 10.6 Å². The van der Waals surface area contributed by atoms with Gasteiger partial charge in [0.25, 0.3) is 5.91 Å². The Morgan fingerprint density at radius 3 is 2.74 bits per heavy atom. The van der Waals surface area contributed by atoms with Gasteiger partial charge in [0.15, 0.2) is 0 Å². The number of amides is 3. The monoisotopic (exact) mass is 319 g/mol. The lowest BCUT2D eigenvalue weighted by atomic mass is 10.1. The van der Waals surface area contributed by atoms with Gasteiger partial charge >= 0.3 is 6.03 Å². The Morgan fingerprint density at radius 2 is 2.09 bits per heavy atom. The number of ether oxygens (including phenoxy) is 1. The van der Waals surface area contributed by atoms with E-state index < -0.39 is 0 Å². The van der Waals surface area contributed by atoms with E-state index in [1.807, 2.05) is 20.8 Å². The smallest absolute Gasteiger partial charge is 0.319 e. The molecule has 1 saturated heterocycles. The molecule has 3 N–H and O–H groups in total. The van der Waals surface area contributed by atoms with E-state index in [1.54, 1.807) is 24.3 Å². The Morgan fingerprint density at radius 1 is 1.30 bits per heavy atom. The standard InChI is InChI=1S/C17H25N3O3/c1-17(2,3)20-15(21)12-6-4-7-13(10-12)19-16(22)18-11-14-8-5-9-23-14/h4,6-7,10,14H,5,8-9,11H2,1-3H3,(H,20,21)(H2,18,19,22). The van der Waals surface area contributed by atoms with Gasteiger partial charge in [0.05, 0.1) is 6.10 Å². The highest BCUT2D eigenvalue weighted by Gasteiger charge is 2.17. The van der Waals surface area contributed by atoms with Crippen molar-refractivity contribution < 1.29 is 14.3 Å². The van der Waals surface area contributed by atoms with Gasteiger partial charge in [-0.15, -0.1) is 0 Å². The van der Waals surface area contributed by atoms with E-state index in [2.05, 4.69) is 16.0 Å². The normalized spacial score (nSPS) is 17.6. The van der Waals surface area contributed by atoms with Crippen molar-refractivity contribution in [3.63, 3.8) is 0 Å². The van der Waals surface area contributed by atoms with E-state index in [0.29, 0.717) is 17.8 Å². The van der Waals surface area contributed by atoms with E-state index in [9.17, 15) is 9.59 Å². The van der Waals surface area contributed by atoms with Crippen molar-refractivity contribution >= 4 is 17.6 Å². The van der Waals surface area contributed by atoms with Crippen LogP contribution in [-0.2, 0) is 4.74 Å². The lowest BCUT2D eigenvalue weighted by Crippen LogP contribution is -2.40. The SMILES string of the molecule is CC(C)(C)NC(=O)c1cccc(NC(=O)NCC2CCCO2)c1. The minimum absolute atomic E-state index is 0.102. The summed E-state index contributed by atoms with van der Waals surface area (Å²) in [6.45, 7) is 7.03. The number of benzene rings is 1. The Balaban J connectivity index is 1.88. The van der Waals surface area contributed by atoms with Crippen LogP contribution in [0.15, 0.2) is 24.3 Å². The van der Waals surface area contributed by atoms with Gasteiger partial charge in [0.2, 0.25) is 0 Å². The molecule has 0 aromatic heterocycles. The molecule has 0 aliphatic carbocycles. The molecule has 3 amide bonds. The summed E-state index contributed by atoms with van der Waals surface area (Å²) in [5.41, 5.74) is 0.785. The largest absolute Gasteiger partial charge is 0.376 e. The molecule has 1 heterocycles. The molecule has 1 aromatic rings. The van der Waals surface area contributed by atoms with Crippen LogP contribution in [-0.4, -0.2) is 36.7 Å². The molecule has 23 heavy (non-hydrogen) atoms. The molecule has 0 spiro atoms. The average Bonchev–Trinajstić information content (AvgIpc) is 2.97. The number of rotatable bonds is 4. The number of hydrogen-bond acceptors (Lipinski definition) is 3. The van der Waals surface area contributed by atoms with Crippen LogP contribution in [0, 0.1) is 0 Å². The van der Waals surface area contributed by atoms with E-state index in [1.165, 1.54) is 0 Å². The van der Waals surface area contributed by atoms with Crippen molar-refractivity contribution in [3.8, 4) is 0 Å². The number of hydrogen-bond donors (Lipinski definition) is 3. The molecule has 1 unspecified atom stereocenters. The Kier molecular flexibility index (Phi) is 5.60. The second-order valence-electron chi connectivity index (χ2n) is 6.75. The number of carbonyl (C=O) groups is 2. The predicted octanol–water partition coefficient (Wildman–Crippen LogP) is 2.52. The van der Waals surface area contributed by atoms with Crippen LogP contribution in [0.5, 0.6) is 0 Å². The molecular formula is C17H25N3O3. The average molecular weight is 319 g/mol. The molecule has 1 aromatic carbocycles. The first kappa shape index (κ1) is 17.3. The summed E-state index contributed by atoms with van der Waals surface area (Å²) in [6, 6.07) is 6.57. The molecule has 1 aliphatic rings. The summed E-state index contributed by atoms with van der Waals surface area (Å²) in [5, 5.41) is 8.42. The minimum Gasteiger partial charge on any atom is -0.376 e. The first-order valence-corrected chi connectivity index (χ1v) is 7.92. The number of nitrogens with one attached hydrogen (secondary N) is 3. The fourth-order valence-electron chi connectivity index (χ4n) is 2.34. The zero-order chi connectivity index (χ0) is 16.9. The molecule has 6 nitrogen and oxygen atoms in total. The summed E-state index contributed by atoms with van der Waals surface area (Å²) in [7, 11) is 0. The molecule has 2 rings (SSSR count). The fourth-order valence-corrected chi connectivity index (χ4v) is 2.34. The third kappa shape index (κ3) is 5.90.